The van der Waals surface area contributed by atoms with Gasteiger partial charge in [-0.25, -0.2) is 0 Å². The van der Waals surface area contributed by atoms with Crippen LogP contribution in [0.1, 0.15) is 62.0 Å². The summed E-state index contributed by atoms with van der Waals surface area (Å²) < 4.78 is 12.5. The summed E-state index contributed by atoms with van der Waals surface area (Å²) in [5, 5.41) is 11.0. The number of aliphatic hydroxyl groups is 1. The number of hydrogen-bond donors (Lipinski definition) is 1. The highest BCUT2D eigenvalue weighted by Gasteiger charge is 2.54. The fourth-order valence-corrected chi connectivity index (χ4v) is 4.79. The Morgan fingerprint density at radius 3 is 2.23 bits per heavy atom. The molecule has 3 aliphatic rings. The van der Waals surface area contributed by atoms with E-state index in [1.165, 1.54) is 0 Å². The Labute approximate surface area is 178 Å². The minimum atomic E-state index is -0.852. The van der Waals surface area contributed by atoms with E-state index in [4.69, 9.17) is 9.31 Å². The summed E-state index contributed by atoms with van der Waals surface area (Å²) in [6.45, 7) is 8.67. The second-order valence-corrected chi connectivity index (χ2v) is 9.85. The molecule has 6 heteroatoms. The Hall–Kier alpha value is -2.15. The van der Waals surface area contributed by atoms with Gasteiger partial charge in [-0.2, -0.15) is 0 Å². The van der Waals surface area contributed by atoms with Gasteiger partial charge < -0.3 is 19.3 Å². The molecule has 2 aliphatic heterocycles. The van der Waals surface area contributed by atoms with E-state index in [2.05, 4.69) is 0 Å². The fourth-order valence-electron chi connectivity index (χ4n) is 4.79. The van der Waals surface area contributed by atoms with Gasteiger partial charge in [-0.3, -0.25) is 4.79 Å². The Balaban J connectivity index is 1.37. The lowest BCUT2D eigenvalue weighted by Crippen LogP contribution is -2.53. The highest BCUT2D eigenvalue weighted by Crippen LogP contribution is 2.46. The molecule has 30 heavy (non-hydrogen) atoms. The van der Waals surface area contributed by atoms with Gasteiger partial charge in [0.25, 0.3) is 5.91 Å². The van der Waals surface area contributed by atoms with Crippen molar-refractivity contribution in [3.8, 4) is 0 Å². The molecule has 0 radical (unpaired) electrons. The summed E-state index contributed by atoms with van der Waals surface area (Å²) in [7, 11) is -0.486. The van der Waals surface area contributed by atoms with Crippen LogP contribution in [-0.4, -0.2) is 40.3 Å². The molecule has 1 saturated carbocycles. The van der Waals surface area contributed by atoms with Crippen molar-refractivity contribution in [3.63, 3.8) is 0 Å². The zero-order chi connectivity index (χ0) is 21.3. The Bertz CT molecular complexity index is 982. The molecule has 0 spiro atoms. The van der Waals surface area contributed by atoms with E-state index in [1.807, 2.05) is 81.1 Å². The van der Waals surface area contributed by atoms with Crippen molar-refractivity contribution in [2.24, 2.45) is 0 Å². The lowest BCUT2D eigenvalue weighted by Gasteiger charge is -2.47. The van der Waals surface area contributed by atoms with Crippen molar-refractivity contribution in [3.05, 3.63) is 65.2 Å². The molecule has 0 atom stereocenters. The van der Waals surface area contributed by atoms with Crippen LogP contribution in [0.5, 0.6) is 0 Å². The van der Waals surface area contributed by atoms with E-state index in [1.54, 1.807) is 0 Å². The number of carbonyl (C=O) groups excluding carboxylic acids is 1. The van der Waals surface area contributed by atoms with Gasteiger partial charge in [0.1, 0.15) is 0 Å². The van der Waals surface area contributed by atoms with Crippen molar-refractivity contribution in [2.45, 2.75) is 69.9 Å². The molecule has 2 heterocycles. The van der Waals surface area contributed by atoms with Crippen molar-refractivity contribution in [1.29, 1.82) is 0 Å². The summed E-state index contributed by atoms with van der Waals surface area (Å²) in [5.41, 5.74) is 1.85. The third-order valence-electron chi connectivity index (χ3n) is 7.44. The van der Waals surface area contributed by atoms with Gasteiger partial charge in [0.05, 0.1) is 16.8 Å². The topological polar surface area (TPSA) is 59.0 Å². The molecule has 5 rings (SSSR count). The lowest BCUT2D eigenvalue weighted by atomic mass is 9.70. The smallest absolute Gasteiger partial charge is 0.399 e. The predicted molar refractivity (Wildman–Crippen MR) is 115 cm³/mol. The van der Waals surface area contributed by atoms with E-state index in [0.717, 1.165) is 22.2 Å². The first-order chi connectivity index (χ1) is 14.1. The maximum absolute atomic E-state index is 13.2. The summed E-state index contributed by atoms with van der Waals surface area (Å²) in [6.07, 6.45) is 1.12. The maximum atomic E-state index is 13.2. The lowest BCUT2D eigenvalue weighted by molar-refractivity contribution is -0.0895. The zero-order valence-corrected chi connectivity index (χ0v) is 18.0. The van der Waals surface area contributed by atoms with Gasteiger partial charge in [0.2, 0.25) is 0 Å². The zero-order valence-electron chi connectivity index (χ0n) is 18.0. The predicted octanol–water partition coefficient (Wildman–Crippen LogP) is 2.99. The van der Waals surface area contributed by atoms with E-state index >= 15 is 0 Å². The average molecular weight is 405 g/mol. The first-order valence-electron chi connectivity index (χ1n) is 10.7. The summed E-state index contributed by atoms with van der Waals surface area (Å²) in [5.74, 6) is 0.0310. The van der Waals surface area contributed by atoms with Crippen LogP contribution in [0.2, 0.25) is 0 Å². The van der Waals surface area contributed by atoms with Crippen LogP contribution in [0.3, 0.4) is 0 Å². The highest BCUT2D eigenvalue weighted by atomic mass is 16.7. The number of amides is 1. The summed E-state index contributed by atoms with van der Waals surface area (Å²) >= 11 is 0. The number of hydrogen-bond acceptors (Lipinski definition) is 4. The van der Waals surface area contributed by atoms with Gasteiger partial charge >= 0.3 is 7.12 Å². The molecule has 1 N–H and O–H groups in total. The number of fused-ring (bicyclic) bond motifs is 1. The molecule has 0 aromatic heterocycles. The van der Waals surface area contributed by atoms with E-state index in [-0.39, 0.29) is 11.9 Å². The molecule has 5 nitrogen and oxygen atoms in total. The van der Waals surface area contributed by atoms with Gasteiger partial charge in [-0.1, -0.05) is 42.5 Å². The summed E-state index contributed by atoms with van der Waals surface area (Å²) in [6, 6.07) is 15.5. The van der Waals surface area contributed by atoms with Gasteiger partial charge in [0, 0.05) is 31.0 Å². The third-order valence-corrected chi connectivity index (χ3v) is 7.44. The first kappa shape index (κ1) is 19.8. The molecular weight excluding hydrogens is 377 g/mol. The van der Waals surface area contributed by atoms with E-state index < -0.39 is 23.9 Å². The second kappa shape index (κ2) is 6.43. The molecule has 156 valence electrons. The molecule has 2 aromatic carbocycles. The average Bonchev–Trinajstić information content (AvgIpc) is 3.12. The first-order valence-corrected chi connectivity index (χ1v) is 10.7. The minimum absolute atomic E-state index is 0.0289. The standard InChI is InChI=1S/C24H28BNO4/c1-22(2)23(3,4)30-25(29-22)20-12-8-11-18-19(20)15-26(21(18)27)17-13-24(28,14-17)16-9-6-5-7-10-16/h5-12,17,28H,13-15H2,1-4H3. The number of rotatable bonds is 3. The van der Waals surface area contributed by atoms with Gasteiger partial charge in [-0.05, 0) is 50.4 Å². The Kier molecular flexibility index (Phi) is 4.24. The van der Waals surface area contributed by atoms with Crippen LogP contribution in [0.15, 0.2) is 48.5 Å². The van der Waals surface area contributed by atoms with E-state index in [0.29, 0.717) is 19.4 Å². The third kappa shape index (κ3) is 2.85. The largest absolute Gasteiger partial charge is 0.495 e. The normalized spacial score (nSPS) is 29.1. The van der Waals surface area contributed by atoms with Crippen LogP contribution in [0, 0.1) is 0 Å². The number of nitrogens with zero attached hydrogens (tertiary/aromatic N) is 1. The molecule has 0 bridgehead atoms. The molecule has 0 unspecified atom stereocenters. The quantitative estimate of drug-likeness (QED) is 0.798. The van der Waals surface area contributed by atoms with Crippen LogP contribution >= 0.6 is 0 Å². The second-order valence-electron chi connectivity index (χ2n) is 9.85. The Morgan fingerprint density at radius 1 is 0.967 bits per heavy atom. The molecular formula is C24H28BNO4. The molecule has 2 aromatic rings. The van der Waals surface area contributed by atoms with Gasteiger partial charge in [0.15, 0.2) is 0 Å². The van der Waals surface area contributed by atoms with Crippen LogP contribution in [-0.2, 0) is 21.5 Å². The minimum Gasteiger partial charge on any atom is -0.399 e. The van der Waals surface area contributed by atoms with E-state index in [9.17, 15) is 9.90 Å². The number of benzene rings is 2. The molecule has 1 saturated heterocycles. The van der Waals surface area contributed by atoms with Crippen molar-refractivity contribution < 1.29 is 19.2 Å². The summed E-state index contributed by atoms with van der Waals surface area (Å²) in [4.78, 5) is 15.1. The molecule has 1 aliphatic carbocycles. The van der Waals surface area contributed by atoms with Crippen molar-refractivity contribution >= 4 is 18.5 Å². The number of carbonyl (C=O) groups is 1. The monoisotopic (exact) mass is 405 g/mol. The van der Waals surface area contributed by atoms with Crippen LogP contribution in [0.4, 0.5) is 0 Å². The molecule has 2 fully saturated rings. The molecule has 1 amide bonds. The maximum Gasteiger partial charge on any atom is 0.495 e. The van der Waals surface area contributed by atoms with Crippen LogP contribution in [0.25, 0.3) is 0 Å². The fraction of sp³-hybridized carbons (Fsp3) is 0.458. The van der Waals surface area contributed by atoms with Crippen LogP contribution < -0.4 is 5.46 Å². The SMILES string of the molecule is CC1(C)OB(c2cccc3c2CN(C2CC(O)(c4ccccc4)C2)C3=O)OC1(C)C. The van der Waals surface area contributed by atoms with Crippen molar-refractivity contribution in [2.75, 3.05) is 0 Å². The van der Waals surface area contributed by atoms with Gasteiger partial charge in [-0.15, -0.1) is 0 Å². The van der Waals surface area contributed by atoms with Crippen molar-refractivity contribution in [1.82, 2.24) is 4.90 Å². The Morgan fingerprint density at radius 2 is 1.60 bits per heavy atom. The highest BCUT2D eigenvalue weighted by molar-refractivity contribution is 6.62.